The maximum Gasteiger partial charge on any atom is 0.232 e. The van der Waals surface area contributed by atoms with Gasteiger partial charge in [0, 0.05) is 10.5 Å². The van der Waals surface area contributed by atoms with E-state index in [1.54, 1.807) is 6.07 Å². The number of rotatable bonds is 7. The molecule has 0 unspecified atom stereocenters. The molecule has 0 spiro atoms. The van der Waals surface area contributed by atoms with Crippen LogP contribution in [0.25, 0.3) is 0 Å². The highest BCUT2D eigenvalue weighted by molar-refractivity contribution is 9.10. The lowest BCUT2D eigenvalue weighted by Crippen LogP contribution is -2.26. The SMILES string of the molecule is CC(C)NCCCS(=O)(=O)Nc1c(F)cccc1Br. The zero-order chi connectivity index (χ0) is 14.5. The Morgan fingerprint density at radius 3 is 2.63 bits per heavy atom. The number of hydrogen-bond acceptors (Lipinski definition) is 3. The first-order valence-corrected chi connectivity index (χ1v) is 8.44. The Morgan fingerprint density at radius 2 is 2.05 bits per heavy atom. The summed E-state index contributed by atoms with van der Waals surface area (Å²) in [6.45, 7) is 4.59. The standard InChI is InChI=1S/C12H18BrFN2O2S/c1-9(2)15-7-4-8-19(17,18)16-12-10(13)5-3-6-11(12)14/h3,5-6,9,15-16H,4,7-8H2,1-2H3. The second-order valence-electron chi connectivity index (χ2n) is 4.48. The van der Waals surface area contributed by atoms with Gasteiger partial charge in [0.25, 0.3) is 0 Å². The van der Waals surface area contributed by atoms with E-state index in [-0.39, 0.29) is 11.4 Å². The molecule has 0 saturated heterocycles. The summed E-state index contributed by atoms with van der Waals surface area (Å²) in [6.07, 6.45) is 0.472. The molecule has 1 aromatic carbocycles. The zero-order valence-corrected chi connectivity index (χ0v) is 13.3. The van der Waals surface area contributed by atoms with E-state index in [0.29, 0.717) is 23.5 Å². The average Bonchev–Trinajstić information content (AvgIpc) is 2.30. The van der Waals surface area contributed by atoms with Gasteiger partial charge in [0.15, 0.2) is 0 Å². The lowest BCUT2D eigenvalue weighted by Gasteiger charge is -2.11. The second-order valence-corrected chi connectivity index (χ2v) is 7.18. The van der Waals surface area contributed by atoms with Crippen molar-refractivity contribution < 1.29 is 12.8 Å². The van der Waals surface area contributed by atoms with Crippen molar-refractivity contribution in [2.24, 2.45) is 0 Å². The number of benzene rings is 1. The molecule has 0 fully saturated rings. The van der Waals surface area contributed by atoms with Crippen molar-refractivity contribution in [1.29, 1.82) is 0 Å². The Bertz CT molecular complexity index is 500. The highest BCUT2D eigenvalue weighted by Gasteiger charge is 2.15. The Morgan fingerprint density at radius 1 is 1.37 bits per heavy atom. The molecule has 0 radical (unpaired) electrons. The van der Waals surface area contributed by atoms with Gasteiger partial charge in [-0.3, -0.25) is 4.72 Å². The fourth-order valence-electron chi connectivity index (χ4n) is 1.45. The van der Waals surface area contributed by atoms with Crippen LogP contribution >= 0.6 is 15.9 Å². The molecule has 0 aliphatic heterocycles. The summed E-state index contributed by atoms with van der Waals surface area (Å²) in [6, 6.07) is 4.62. The monoisotopic (exact) mass is 352 g/mol. The molecule has 2 N–H and O–H groups in total. The molecule has 19 heavy (non-hydrogen) atoms. The van der Waals surface area contributed by atoms with Crippen LogP contribution < -0.4 is 10.0 Å². The Balaban J connectivity index is 2.60. The fraction of sp³-hybridized carbons (Fsp3) is 0.500. The molecule has 108 valence electrons. The molecule has 4 nitrogen and oxygen atoms in total. The lowest BCUT2D eigenvalue weighted by atomic mass is 10.3. The molecule has 0 aliphatic rings. The van der Waals surface area contributed by atoms with Crippen LogP contribution in [-0.2, 0) is 10.0 Å². The van der Waals surface area contributed by atoms with Gasteiger partial charge in [-0.15, -0.1) is 0 Å². The van der Waals surface area contributed by atoms with Crippen molar-refractivity contribution in [2.75, 3.05) is 17.0 Å². The molecule has 0 aromatic heterocycles. The van der Waals surface area contributed by atoms with E-state index in [1.165, 1.54) is 12.1 Å². The predicted octanol–water partition coefficient (Wildman–Crippen LogP) is 2.72. The van der Waals surface area contributed by atoms with Crippen molar-refractivity contribution in [3.63, 3.8) is 0 Å². The summed E-state index contributed by atoms with van der Waals surface area (Å²) < 4.78 is 39.8. The van der Waals surface area contributed by atoms with Crippen LogP contribution in [0.1, 0.15) is 20.3 Å². The first-order valence-electron chi connectivity index (χ1n) is 6.00. The molecule has 1 rings (SSSR count). The molecule has 0 atom stereocenters. The van der Waals surface area contributed by atoms with Gasteiger partial charge in [-0.1, -0.05) is 19.9 Å². The van der Waals surface area contributed by atoms with Crippen molar-refractivity contribution in [2.45, 2.75) is 26.3 Å². The third-order valence-electron chi connectivity index (χ3n) is 2.36. The predicted molar refractivity (Wildman–Crippen MR) is 79.3 cm³/mol. The van der Waals surface area contributed by atoms with Crippen LogP contribution in [0.4, 0.5) is 10.1 Å². The molecule has 1 aromatic rings. The van der Waals surface area contributed by atoms with E-state index < -0.39 is 15.8 Å². The Labute approximate surface area is 122 Å². The van der Waals surface area contributed by atoms with Crippen LogP contribution in [0.3, 0.4) is 0 Å². The van der Waals surface area contributed by atoms with Crippen molar-refractivity contribution in [3.05, 3.63) is 28.5 Å². The normalized spacial score (nSPS) is 11.8. The number of halogens is 2. The van der Waals surface area contributed by atoms with E-state index in [0.717, 1.165) is 0 Å². The van der Waals surface area contributed by atoms with Gasteiger partial charge in [0.05, 0.1) is 11.4 Å². The maximum atomic E-state index is 13.5. The molecule has 0 heterocycles. The summed E-state index contributed by atoms with van der Waals surface area (Å²) in [5, 5.41) is 3.13. The summed E-state index contributed by atoms with van der Waals surface area (Å²) in [5.41, 5.74) is -0.0423. The quantitative estimate of drug-likeness (QED) is 0.741. The molecule has 0 amide bonds. The minimum Gasteiger partial charge on any atom is -0.314 e. The van der Waals surface area contributed by atoms with E-state index in [4.69, 9.17) is 0 Å². The summed E-state index contributed by atoms with van der Waals surface area (Å²) in [5.74, 6) is -0.647. The average molecular weight is 353 g/mol. The molecular formula is C12H18BrFN2O2S. The summed E-state index contributed by atoms with van der Waals surface area (Å²) in [7, 11) is -3.54. The second kappa shape index (κ2) is 7.21. The van der Waals surface area contributed by atoms with Crippen molar-refractivity contribution in [3.8, 4) is 0 Å². The fourth-order valence-corrected chi connectivity index (χ4v) is 3.17. The third kappa shape index (κ3) is 5.88. The number of nitrogens with one attached hydrogen (secondary N) is 2. The topological polar surface area (TPSA) is 58.2 Å². The maximum absolute atomic E-state index is 13.5. The van der Waals surface area contributed by atoms with Gasteiger partial charge in [0.2, 0.25) is 10.0 Å². The van der Waals surface area contributed by atoms with E-state index in [2.05, 4.69) is 26.0 Å². The first-order chi connectivity index (χ1) is 8.82. The zero-order valence-electron chi connectivity index (χ0n) is 10.9. The van der Waals surface area contributed by atoms with Gasteiger partial charge >= 0.3 is 0 Å². The number of sulfonamides is 1. The van der Waals surface area contributed by atoms with Gasteiger partial charge < -0.3 is 5.32 Å². The summed E-state index contributed by atoms with van der Waals surface area (Å²) >= 11 is 3.12. The molecule has 0 saturated carbocycles. The van der Waals surface area contributed by atoms with Crippen LogP contribution in [0.2, 0.25) is 0 Å². The van der Waals surface area contributed by atoms with Crippen LogP contribution in [0.5, 0.6) is 0 Å². The van der Waals surface area contributed by atoms with Crippen LogP contribution in [-0.4, -0.2) is 26.8 Å². The molecular weight excluding hydrogens is 335 g/mol. The molecule has 0 bridgehead atoms. The number of anilines is 1. The lowest BCUT2D eigenvalue weighted by molar-refractivity contribution is 0.570. The third-order valence-corrected chi connectivity index (χ3v) is 4.36. The Hall–Kier alpha value is -0.660. The van der Waals surface area contributed by atoms with Gasteiger partial charge in [-0.25, -0.2) is 12.8 Å². The minimum absolute atomic E-state index is 0.0423. The first kappa shape index (κ1) is 16.4. The Kier molecular flexibility index (Phi) is 6.22. The van der Waals surface area contributed by atoms with Gasteiger partial charge in [0.1, 0.15) is 5.82 Å². The van der Waals surface area contributed by atoms with Gasteiger partial charge in [-0.05, 0) is 41.0 Å². The van der Waals surface area contributed by atoms with Crippen molar-refractivity contribution >= 4 is 31.6 Å². The largest absolute Gasteiger partial charge is 0.314 e. The summed E-state index contributed by atoms with van der Waals surface area (Å²) in [4.78, 5) is 0. The number of para-hydroxylation sites is 1. The van der Waals surface area contributed by atoms with E-state index in [9.17, 15) is 12.8 Å². The highest BCUT2D eigenvalue weighted by Crippen LogP contribution is 2.26. The van der Waals surface area contributed by atoms with Crippen LogP contribution in [0.15, 0.2) is 22.7 Å². The van der Waals surface area contributed by atoms with E-state index in [1.807, 2.05) is 13.8 Å². The van der Waals surface area contributed by atoms with E-state index >= 15 is 0 Å². The molecule has 0 aliphatic carbocycles. The van der Waals surface area contributed by atoms with Crippen molar-refractivity contribution in [1.82, 2.24) is 5.32 Å². The van der Waals surface area contributed by atoms with Gasteiger partial charge in [-0.2, -0.15) is 0 Å². The smallest absolute Gasteiger partial charge is 0.232 e. The van der Waals surface area contributed by atoms with Crippen LogP contribution in [0, 0.1) is 5.82 Å². The number of hydrogen-bond donors (Lipinski definition) is 2. The highest BCUT2D eigenvalue weighted by atomic mass is 79.9. The molecule has 7 heteroatoms. The minimum atomic E-state index is -3.54.